The van der Waals surface area contributed by atoms with Crippen molar-refractivity contribution in [3.05, 3.63) is 53.7 Å². The minimum absolute atomic E-state index is 0.779. The highest BCUT2D eigenvalue weighted by atomic mass is 15.0. The normalized spacial score (nSPS) is 10.9. The van der Waals surface area contributed by atoms with Crippen molar-refractivity contribution in [1.29, 1.82) is 0 Å². The summed E-state index contributed by atoms with van der Waals surface area (Å²) in [6.07, 6.45) is 2.10. The molecule has 0 fully saturated rings. The molecule has 0 saturated heterocycles. The molecule has 3 N–H and O–H groups in total. The molecule has 0 unspecified atom stereocenters. The highest BCUT2D eigenvalue weighted by Crippen LogP contribution is 2.31. The van der Waals surface area contributed by atoms with Crippen molar-refractivity contribution in [3.8, 4) is 0 Å². The Morgan fingerprint density at radius 3 is 2.50 bits per heavy atom. The molecule has 3 rings (SSSR count). The lowest BCUT2D eigenvalue weighted by molar-refractivity contribution is 0.970. The molecule has 3 heteroatoms. The van der Waals surface area contributed by atoms with Crippen LogP contribution in [0, 0.1) is 13.8 Å². The number of rotatable bonds is 2. The zero-order chi connectivity index (χ0) is 14.3. The van der Waals surface area contributed by atoms with E-state index in [0.29, 0.717) is 0 Å². The summed E-state index contributed by atoms with van der Waals surface area (Å²) < 4.78 is 2.12. The van der Waals surface area contributed by atoms with Crippen LogP contribution in [0.5, 0.6) is 0 Å². The van der Waals surface area contributed by atoms with E-state index in [0.717, 1.165) is 17.1 Å². The predicted octanol–water partition coefficient (Wildman–Crippen LogP) is 4.12. The second kappa shape index (κ2) is 4.60. The Kier molecular flexibility index (Phi) is 2.90. The number of hydrogen-bond donors (Lipinski definition) is 2. The first-order chi connectivity index (χ1) is 9.56. The van der Waals surface area contributed by atoms with Gasteiger partial charge in [-0.2, -0.15) is 0 Å². The van der Waals surface area contributed by atoms with Crippen molar-refractivity contribution >= 4 is 28.0 Å². The predicted molar refractivity (Wildman–Crippen MR) is 86.5 cm³/mol. The molecule has 3 aromatic rings. The summed E-state index contributed by atoms with van der Waals surface area (Å²) in [4.78, 5) is 0. The van der Waals surface area contributed by atoms with E-state index in [9.17, 15) is 0 Å². The first kappa shape index (κ1) is 12.6. The SMILES string of the molecule is Cc1cc(N)c(Nc2cn(C)c3ccccc23)cc1C. The Labute approximate surface area is 119 Å². The van der Waals surface area contributed by atoms with Gasteiger partial charge in [-0.15, -0.1) is 0 Å². The molecular formula is C17H19N3. The number of nitrogen functional groups attached to an aromatic ring is 1. The number of aryl methyl sites for hydroxylation is 3. The standard InChI is InChI=1S/C17H19N3/c1-11-8-14(18)15(9-12(11)2)19-16-10-20(3)17-7-5-4-6-13(16)17/h4-10,19H,18H2,1-3H3. The molecule has 1 aromatic heterocycles. The second-order valence-electron chi connectivity index (χ2n) is 5.32. The molecule has 0 radical (unpaired) electrons. The minimum Gasteiger partial charge on any atom is -0.397 e. The smallest absolute Gasteiger partial charge is 0.0644 e. The van der Waals surface area contributed by atoms with Crippen LogP contribution in [0.25, 0.3) is 10.9 Å². The first-order valence-corrected chi connectivity index (χ1v) is 6.74. The lowest BCUT2D eigenvalue weighted by Crippen LogP contribution is -1.98. The van der Waals surface area contributed by atoms with E-state index < -0.39 is 0 Å². The molecule has 0 aliphatic heterocycles. The lowest BCUT2D eigenvalue weighted by Gasteiger charge is -2.11. The summed E-state index contributed by atoms with van der Waals surface area (Å²) >= 11 is 0. The van der Waals surface area contributed by atoms with Gasteiger partial charge in [0.15, 0.2) is 0 Å². The quantitative estimate of drug-likeness (QED) is 0.684. The molecule has 20 heavy (non-hydrogen) atoms. The average Bonchev–Trinajstić information content (AvgIpc) is 2.74. The van der Waals surface area contributed by atoms with Crippen LogP contribution in [0.2, 0.25) is 0 Å². The van der Waals surface area contributed by atoms with Gasteiger partial charge in [-0.1, -0.05) is 18.2 Å². The van der Waals surface area contributed by atoms with E-state index in [4.69, 9.17) is 5.73 Å². The molecule has 3 nitrogen and oxygen atoms in total. The van der Waals surface area contributed by atoms with Crippen molar-refractivity contribution in [2.45, 2.75) is 13.8 Å². The van der Waals surface area contributed by atoms with Gasteiger partial charge in [0, 0.05) is 24.1 Å². The van der Waals surface area contributed by atoms with E-state index in [1.165, 1.54) is 22.0 Å². The number of benzene rings is 2. The van der Waals surface area contributed by atoms with Crippen LogP contribution in [0.3, 0.4) is 0 Å². The van der Waals surface area contributed by atoms with Gasteiger partial charge in [-0.25, -0.2) is 0 Å². The van der Waals surface area contributed by atoms with E-state index in [2.05, 4.69) is 67.3 Å². The van der Waals surface area contributed by atoms with Gasteiger partial charge in [-0.05, 0) is 43.2 Å². The Bertz CT molecular complexity index is 784. The molecule has 1 heterocycles. The molecule has 0 aliphatic carbocycles. The summed E-state index contributed by atoms with van der Waals surface area (Å²) in [7, 11) is 2.05. The van der Waals surface area contributed by atoms with Crippen LogP contribution in [0.4, 0.5) is 17.1 Å². The first-order valence-electron chi connectivity index (χ1n) is 6.74. The fourth-order valence-electron chi connectivity index (χ4n) is 2.53. The average molecular weight is 265 g/mol. The Morgan fingerprint density at radius 1 is 1.00 bits per heavy atom. The number of aromatic nitrogens is 1. The minimum atomic E-state index is 0.779. The number of hydrogen-bond acceptors (Lipinski definition) is 2. The van der Waals surface area contributed by atoms with Gasteiger partial charge < -0.3 is 15.6 Å². The summed E-state index contributed by atoms with van der Waals surface area (Å²) in [6.45, 7) is 4.18. The van der Waals surface area contributed by atoms with E-state index in [-0.39, 0.29) is 0 Å². The summed E-state index contributed by atoms with van der Waals surface area (Å²) in [5.41, 5.74) is 12.6. The number of para-hydroxylation sites is 1. The Balaban J connectivity index is 2.08. The van der Waals surface area contributed by atoms with Crippen LogP contribution < -0.4 is 11.1 Å². The Hall–Kier alpha value is -2.42. The van der Waals surface area contributed by atoms with E-state index in [1.807, 2.05) is 6.07 Å². The summed E-state index contributed by atoms with van der Waals surface area (Å²) in [5.74, 6) is 0. The maximum absolute atomic E-state index is 6.12. The van der Waals surface area contributed by atoms with Crippen LogP contribution in [0.15, 0.2) is 42.6 Å². The topological polar surface area (TPSA) is 43.0 Å². The van der Waals surface area contributed by atoms with E-state index in [1.54, 1.807) is 0 Å². The van der Waals surface area contributed by atoms with Gasteiger partial charge in [0.2, 0.25) is 0 Å². The van der Waals surface area contributed by atoms with Gasteiger partial charge in [0.25, 0.3) is 0 Å². The largest absolute Gasteiger partial charge is 0.397 e. The molecule has 102 valence electrons. The third kappa shape index (κ3) is 2.01. The third-order valence-corrected chi connectivity index (χ3v) is 3.83. The Morgan fingerprint density at radius 2 is 1.70 bits per heavy atom. The molecule has 0 atom stereocenters. The van der Waals surface area contributed by atoms with Crippen molar-refractivity contribution in [2.75, 3.05) is 11.1 Å². The monoisotopic (exact) mass is 265 g/mol. The van der Waals surface area contributed by atoms with Crippen LogP contribution in [0.1, 0.15) is 11.1 Å². The lowest BCUT2D eigenvalue weighted by atomic mass is 10.1. The third-order valence-electron chi connectivity index (χ3n) is 3.83. The van der Waals surface area contributed by atoms with Crippen molar-refractivity contribution in [1.82, 2.24) is 4.57 Å². The highest BCUT2D eigenvalue weighted by molar-refractivity contribution is 5.95. The summed E-state index contributed by atoms with van der Waals surface area (Å²) in [6, 6.07) is 12.5. The molecule has 0 saturated carbocycles. The molecule has 0 spiro atoms. The van der Waals surface area contributed by atoms with Crippen LogP contribution in [-0.2, 0) is 7.05 Å². The second-order valence-corrected chi connectivity index (χ2v) is 5.32. The zero-order valence-corrected chi connectivity index (χ0v) is 12.1. The maximum Gasteiger partial charge on any atom is 0.0644 e. The number of anilines is 3. The number of nitrogens with two attached hydrogens (primary N) is 1. The number of nitrogens with zero attached hydrogens (tertiary/aromatic N) is 1. The highest BCUT2D eigenvalue weighted by Gasteiger charge is 2.08. The molecule has 0 bridgehead atoms. The summed E-state index contributed by atoms with van der Waals surface area (Å²) in [5, 5.41) is 4.66. The van der Waals surface area contributed by atoms with Crippen LogP contribution in [-0.4, -0.2) is 4.57 Å². The fraction of sp³-hybridized carbons (Fsp3) is 0.176. The zero-order valence-electron chi connectivity index (χ0n) is 12.1. The van der Waals surface area contributed by atoms with Gasteiger partial charge in [0.05, 0.1) is 17.1 Å². The van der Waals surface area contributed by atoms with Gasteiger partial charge in [0.1, 0.15) is 0 Å². The molecule has 0 aliphatic rings. The molecular weight excluding hydrogens is 246 g/mol. The molecule has 0 amide bonds. The number of fused-ring (bicyclic) bond motifs is 1. The van der Waals surface area contributed by atoms with E-state index >= 15 is 0 Å². The van der Waals surface area contributed by atoms with Crippen molar-refractivity contribution < 1.29 is 0 Å². The fourth-order valence-corrected chi connectivity index (χ4v) is 2.53. The van der Waals surface area contributed by atoms with Gasteiger partial charge in [-0.3, -0.25) is 0 Å². The van der Waals surface area contributed by atoms with Gasteiger partial charge >= 0.3 is 0 Å². The van der Waals surface area contributed by atoms with Crippen molar-refractivity contribution in [2.24, 2.45) is 7.05 Å². The van der Waals surface area contributed by atoms with Crippen molar-refractivity contribution in [3.63, 3.8) is 0 Å². The van der Waals surface area contributed by atoms with Crippen LogP contribution >= 0.6 is 0 Å². The number of nitrogens with one attached hydrogen (secondary N) is 1. The molecule has 2 aromatic carbocycles. The maximum atomic E-state index is 6.12.